The number of piperazine rings is 5. The van der Waals surface area contributed by atoms with Crippen LogP contribution in [0.2, 0.25) is 0 Å². The van der Waals surface area contributed by atoms with E-state index in [1.165, 1.54) is 97.2 Å². The van der Waals surface area contributed by atoms with Gasteiger partial charge in [-0.2, -0.15) is 0 Å². The van der Waals surface area contributed by atoms with E-state index in [-0.39, 0.29) is 11.6 Å². The van der Waals surface area contributed by atoms with E-state index in [0.29, 0.717) is 22.2 Å². The second-order valence-corrected chi connectivity index (χ2v) is 25.4. The fourth-order valence-corrected chi connectivity index (χ4v) is 8.59. The normalized spacial score (nSPS) is 21.5. The molecule has 5 aliphatic heterocycles. The molecular weight excluding hydrogens is 821 g/mol. The standard InChI is InChI=1S/C15H24N2.C13H26N2O2.2C9H20N2.C8H18N2/c1-15(2,3)17-11-9-16(10-12-17)13-14-7-5-4-6-8-14;1-12(2,3)15-9-7-14(8-10-15)11(16)17-13(4,5)6;2*1-9(2,3)11-7-5-10(4)6-8-11;1-8(2,3)10-6-4-9-5-7-10/h4-8H,9-13H2,1-3H3;7-10H2,1-6H3;2*5-8H2,1-4H3;9H,4-7H2,1-3H3. The summed E-state index contributed by atoms with van der Waals surface area (Å²) in [4.78, 5) is 33.6. The van der Waals surface area contributed by atoms with E-state index >= 15 is 0 Å². The molecular formula is C54H108N10O2. The highest BCUT2D eigenvalue weighted by Gasteiger charge is 2.31. The molecule has 0 atom stereocenters. The molecule has 0 radical (unpaired) electrons. The zero-order valence-electron chi connectivity index (χ0n) is 47.1. The Labute approximate surface area is 409 Å². The van der Waals surface area contributed by atoms with E-state index in [2.05, 4.69) is 193 Å². The number of amides is 1. The maximum Gasteiger partial charge on any atom is 0.410 e. The number of rotatable bonds is 2. The quantitative estimate of drug-likeness (QED) is 0.318. The third-order valence-electron chi connectivity index (χ3n) is 13.4. The zero-order valence-corrected chi connectivity index (χ0v) is 47.1. The summed E-state index contributed by atoms with van der Waals surface area (Å²) >= 11 is 0. The van der Waals surface area contributed by atoms with Crippen LogP contribution >= 0.6 is 0 Å². The Balaban J connectivity index is 0.000000289. The number of carbonyl (C=O) groups excluding carboxylic acids is 1. The van der Waals surface area contributed by atoms with E-state index in [9.17, 15) is 4.79 Å². The Morgan fingerprint density at radius 2 is 0.742 bits per heavy atom. The van der Waals surface area contributed by atoms with Gasteiger partial charge in [0.15, 0.2) is 0 Å². The minimum atomic E-state index is -0.405. The number of likely N-dealkylation sites (N-methyl/N-ethyl adjacent to an activating group) is 2. The molecule has 12 heteroatoms. The predicted molar refractivity (Wildman–Crippen MR) is 284 cm³/mol. The summed E-state index contributed by atoms with van der Waals surface area (Å²) in [5, 5.41) is 3.35. The molecule has 0 bridgehead atoms. The van der Waals surface area contributed by atoms with Crippen LogP contribution in [0.3, 0.4) is 0 Å². The summed E-state index contributed by atoms with van der Waals surface area (Å²) in [7, 11) is 4.39. The van der Waals surface area contributed by atoms with E-state index in [4.69, 9.17) is 4.74 Å². The van der Waals surface area contributed by atoms with Crippen molar-refractivity contribution < 1.29 is 9.53 Å². The molecule has 12 nitrogen and oxygen atoms in total. The smallest absolute Gasteiger partial charge is 0.410 e. The average molecular weight is 930 g/mol. The summed E-state index contributed by atoms with van der Waals surface area (Å²) in [6.07, 6.45) is -0.189. The van der Waals surface area contributed by atoms with Crippen LogP contribution < -0.4 is 5.32 Å². The van der Waals surface area contributed by atoms with Gasteiger partial charge in [0.2, 0.25) is 0 Å². The van der Waals surface area contributed by atoms with Crippen LogP contribution in [0.5, 0.6) is 0 Å². The SMILES string of the molecule is CC(C)(C)N1CCN(Cc2ccccc2)CC1.CC(C)(C)N1CCNCC1.CC(C)(C)OC(=O)N1CCN(C(C)(C)C)CC1.CN1CCN(C(C)(C)C)CC1.CN1CCN(C(C)(C)C)CC1. The van der Waals surface area contributed by atoms with Gasteiger partial charge in [0.25, 0.3) is 0 Å². The molecule has 1 N–H and O–H groups in total. The van der Waals surface area contributed by atoms with Crippen molar-refractivity contribution in [1.29, 1.82) is 0 Å². The van der Waals surface area contributed by atoms with Crippen LogP contribution in [0.1, 0.15) is 130 Å². The van der Waals surface area contributed by atoms with Crippen LogP contribution in [0, 0.1) is 0 Å². The van der Waals surface area contributed by atoms with Crippen molar-refractivity contribution >= 4 is 6.09 Å². The number of carbonyl (C=O) groups is 1. The summed E-state index contributed by atoms with van der Waals surface area (Å²) in [6.45, 7) is 63.5. The van der Waals surface area contributed by atoms with Crippen LogP contribution in [0.25, 0.3) is 0 Å². The minimum absolute atomic E-state index is 0.181. The summed E-state index contributed by atoms with van der Waals surface area (Å²) in [5.41, 5.74) is 2.61. The van der Waals surface area contributed by atoms with Crippen LogP contribution in [-0.4, -0.2) is 228 Å². The molecule has 1 aromatic carbocycles. The Bertz CT molecular complexity index is 1400. The number of benzene rings is 1. The first-order valence-corrected chi connectivity index (χ1v) is 25.8. The predicted octanol–water partition coefficient (Wildman–Crippen LogP) is 7.70. The van der Waals surface area contributed by atoms with Crippen molar-refractivity contribution in [1.82, 2.24) is 49.4 Å². The van der Waals surface area contributed by atoms with Crippen molar-refractivity contribution in [3.8, 4) is 0 Å². The highest BCUT2D eigenvalue weighted by Crippen LogP contribution is 2.20. The number of nitrogens with one attached hydrogen (secondary N) is 1. The Hall–Kier alpha value is -1.87. The molecule has 0 saturated carbocycles. The van der Waals surface area contributed by atoms with Crippen molar-refractivity contribution in [3.05, 3.63) is 35.9 Å². The second-order valence-electron chi connectivity index (χ2n) is 25.4. The van der Waals surface area contributed by atoms with Crippen molar-refractivity contribution in [2.24, 2.45) is 0 Å². The highest BCUT2D eigenvalue weighted by molar-refractivity contribution is 5.68. The summed E-state index contributed by atoms with van der Waals surface area (Å²) in [5.74, 6) is 0. The van der Waals surface area contributed by atoms with Crippen LogP contribution in [0.15, 0.2) is 30.3 Å². The first kappa shape index (κ1) is 60.3. The molecule has 0 unspecified atom stereocenters. The zero-order chi connectivity index (χ0) is 50.1. The van der Waals surface area contributed by atoms with Gasteiger partial charge in [0, 0.05) is 165 Å². The summed E-state index contributed by atoms with van der Waals surface area (Å²) < 4.78 is 5.37. The molecule has 386 valence electrons. The molecule has 0 aliphatic carbocycles. The fourth-order valence-electron chi connectivity index (χ4n) is 8.59. The van der Waals surface area contributed by atoms with Gasteiger partial charge in [-0.15, -0.1) is 0 Å². The lowest BCUT2D eigenvalue weighted by molar-refractivity contribution is 0.00420. The van der Waals surface area contributed by atoms with E-state index in [1.807, 2.05) is 20.8 Å². The molecule has 1 aromatic rings. The molecule has 6 rings (SSSR count). The van der Waals surface area contributed by atoms with Crippen LogP contribution in [-0.2, 0) is 11.3 Å². The van der Waals surface area contributed by atoms with Gasteiger partial charge in [0.1, 0.15) is 5.60 Å². The maximum atomic E-state index is 11.9. The largest absolute Gasteiger partial charge is 0.444 e. The summed E-state index contributed by atoms with van der Waals surface area (Å²) in [6, 6.07) is 10.8. The van der Waals surface area contributed by atoms with E-state index < -0.39 is 5.60 Å². The molecule has 5 aliphatic rings. The number of nitrogens with zero attached hydrogens (tertiary/aromatic N) is 9. The molecule has 5 heterocycles. The third-order valence-corrected chi connectivity index (χ3v) is 13.4. The molecule has 0 aromatic heterocycles. The maximum absolute atomic E-state index is 11.9. The van der Waals surface area contributed by atoms with E-state index in [0.717, 1.165) is 45.8 Å². The molecule has 66 heavy (non-hydrogen) atoms. The Morgan fingerprint density at radius 1 is 0.439 bits per heavy atom. The van der Waals surface area contributed by atoms with Crippen molar-refractivity contribution in [2.75, 3.05) is 145 Å². The third kappa shape index (κ3) is 24.6. The lowest BCUT2D eigenvalue weighted by atomic mass is 10.0. The first-order valence-electron chi connectivity index (χ1n) is 25.8. The lowest BCUT2D eigenvalue weighted by Crippen LogP contribution is -2.55. The fraction of sp³-hybridized carbons (Fsp3) is 0.870. The van der Waals surface area contributed by atoms with Crippen LogP contribution in [0.4, 0.5) is 4.79 Å². The average Bonchev–Trinajstić information content (AvgIpc) is 3.21. The monoisotopic (exact) mass is 929 g/mol. The number of ether oxygens (including phenoxy) is 1. The minimum Gasteiger partial charge on any atom is -0.444 e. The van der Waals surface area contributed by atoms with Gasteiger partial charge in [-0.05, 0) is 144 Å². The first-order chi connectivity index (χ1) is 30.3. The molecule has 1 amide bonds. The number of hydrogen-bond acceptors (Lipinski definition) is 11. The lowest BCUT2D eigenvalue weighted by Gasteiger charge is -2.42. The molecule has 0 spiro atoms. The Kier molecular flexibility index (Phi) is 24.6. The topological polar surface area (TPSA) is 67.5 Å². The van der Waals surface area contributed by atoms with Crippen molar-refractivity contribution in [3.63, 3.8) is 0 Å². The van der Waals surface area contributed by atoms with Gasteiger partial charge in [-0.1, -0.05) is 30.3 Å². The van der Waals surface area contributed by atoms with Crippen molar-refractivity contribution in [2.45, 2.75) is 164 Å². The highest BCUT2D eigenvalue weighted by atomic mass is 16.6. The Morgan fingerprint density at radius 3 is 1.05 bits per heavy atom. The van der Waals surface area contributed by atoms with Gasteiger partial charge in [0.05, 0.1) is 0 Å². The van der Waals surface area contributed by atoms with Gasteiger partial charge >= 0.3 is 6.09 Å². The van der Waals surface area contributed by atoms with E-state index in [1.54, 1.807) is 4.90 Å². The van der Waals surface area contributed by atoms with Gasteiger partial charge < -0.3 is 24.8 Å². The second kappa shape index (κ2) is 26.9. The van der Waals surface area contributed by atoms with Gasteiger partial charge in [-0.3, -0.25) is 29.4 Å². The molecule has 5 fully saturated rings. The van der Waals surface area contributed by atoms with Gasteiger partial charge in [-0.25, -0.2) is 4.79 Å². The number of hydrogen-bond donors (Lipinski definition) is 1. The molecule has 5 saturated heterocycles.